The maximum absolute atomic E-state index is 4.24. The van der Waals surface area contributed by atoms with Crippen molar-refractivity contribution in [1.29, 1.82) is 0 Å². The molecule has 186 valence electrons. The Morgan fingerprint density at radius 1 is 0.486 bits per heavy atom. The van der Waals surface area contributed by atoms with Gasteiger partial charge in [0, 0.05) is 18.6 Å². The first-order chi connectivity index (χ1) is 17.6. The maximum atomic E-state index is 4.24. The van der Waals surface area contributed by atoms with E-state index in [2.05, 4.69) is 53.9 Å². The third-order valence-corrected chi connectivity index (χ3v) is 7.61. The minimum absolute atomic E-state index is 0. The molecule has 0 aromatic carbocycles. The summed E-state index contributed by atoms with van der Waals surface area (Å²) in [6.07, 6.45) is 5.41. The van der Waals surface area contributed by atoms with Crippen LogP contribution in [0.1, 0.15) is 14.6 Å². The summed E-state index contributed by atoms with van der Waals surface area (Å²) >= 11 is 5.17. The van der Waals surface area contributed by atoms with Crippen LogP contribution in [0, 0.1) is 39.0 Å². The number of pyridine rings is 3. The van der Waals surface area contributed by atoms with Gasteiger partial charge in [-0.15, -0.1) is 0 Å². The van der Waals surface area contributed by atoms with Gasteiger partial charge < -0.3 is 15.0 Å². The summed E-state index contributed by atoms with van der Waals surface area (Å²) in [4.78, 5) is 19.9. The summed E-state index contributed by atoms with van der Waals surface area (Å²) in [5, 5.41) is 0. The van der Waals surface area contributed by atoms with Crippen LogP contribution in [-0.2, 0) is 20.1 Å². The van der Waals surface area contributed by atoms with Gasteiger partial charge in [-0.2, -0.15) is 36.4 Å². The summed E-state index contributed by atoms with van der Waals surface area (Å²) in [5.74, 6) is 0. The first kappa shape index (κ1) is 28.8. The largest absolute Gasteiger partial charge is 3.00 e. The van der Waals surface area contributed by atoms with Crippen LogP contribution in [0.25, 0.3) is 31.7 Å². The molecule has 0 bridgehead atoms. The molecule has 0 unspecified atom stereocenters. The Bertz CT molecular complexity index is 1280. The second-order valence-corrected chi connectivity index (χ2v) is 11.4. The van der Waals surface area contributed by atoms with Crippen LogP contribution < -0.4 is 0 Å². The molecule has 0 fully saturated rings. The van der Waals surface area contributed by atoms with Crippen molar-refractivity contribution in [3.05, 3.63) is 124 Å². The molecule has 37 heavy (non-hydrogen) atoms. The van der Waals surface area contributed by atoms with Crippen LogP contribution in [0.2, 0.25) is 0 Å². The number of aryl methyl sites for hydroxylation is 3. The van der Waals surface area contributed by atoms with Gasteiger partial charge in [0.2, 0.25) is 0 Å². The van der Waals surface area contributed by atoms with Crippen molar-refractivity contribution in [3.8, 4) is 31.7 Å². The van der Waals surface area contributed by atoms with E-state index in [0.29, 0.717) is 0 Å². The van der Waals surface area contributed by atoms with E-state index in [9.17, 15) is 0 Å². The fourth-order valence-electron chi connectivity index (χ4n) is 3.03. The predicted molar refractivity (Wildman–Crippen MR) is 153 cm³/mol. The average molecular weight is 715 g/mol. The summed E-state index contributed by atoms with van der Waals surface area (Å²) in [6.45, 7) is 6.23. The molecule has 0 aliphatic heterocycles. The molecule has 0 amide bonds. The van der Waals surface area contributed by atoms with Gasteiger partial charge in [-0.25, -0.2) is 34.0 Å². The van der Waals surface area contributed by atoms with Crippen molar-refractivity contribution in [1.82, 2.24) is 15.0 Å². The van der Waals surface area contributed by atoms with Crippen molar-refractivity contribution in [3.63, 3.8) is 0 Å². The smallest absolute Gasteiger partial charge is 0.319 e. The van der Waals surface area contributed by atoms with E-state index >= 15 is 0 Å². The Hall–Kier alpha value is -2.80. The van der Waals surface area contributed by atoms with Crippen molar-refractivity contribution in [2.24, 2.45) is 0 Å². The zero-order valence-electron chi connectivity index (χ0n) is 20.6. The number of hydrogen-bond donors (Lipinski definition) is 0. The van der Waals surface area contributed by atoms with Crippen molar-refractivity contribution in [2.75, 3.05) is 0 Å². The summed E-state index contributed by atoms with van der Waals surface area (Å²) in [5.41, 5.74) is 3.03. The third-order valence-electron chi connectivity index (χ3n) is 4.70. The first-order valence-corrected chi connectivity index (χ1v) is 13.7. The molecular formula is C30H24IrN3S3. The van der Waals surface area contributed by atoms with Crippen molar-refractivity contribution < 1.29 is 20.1 Å². The minimum Gasteiger partial charge on any atom is -0.319 e. The molecule has 6 rings (SSSR count). The molecule has 0 radical (unpaired) electrons. The topological polar surface area (TPSA) is 38.7 Å². The van der Waals surface area contributed by atoms with Gasteiger partial charge in [0.15, 0.2) is 0 Å². The van der Waals surface area contributed by atoms with E-state index in [4.69, 9.17) is 0 Å². The van der Waals surface area contributed by atoms with Gasteiger partial charge in [0.05, 0.1) is 0 Å². The zero-order valence-corrected chi connectivity index (χ0v) is 25.4. The second kappa shape index (κ2) is 14.8. The molecule has 6 heterocycles. The molecule has 0 saturated heterocycles. The van der Waals surface area contributed by atoms with Crippen LogP contribution in [0.4, 0.5) is 0 Å². The molecule has 7 heteroatoms. The molecule has 6 aromatic heterocycles. The predicted octanol–water partition coefficient (Wildman–Crippen LogP) is 8.75. The minimum atomic E-state index is 0. The van der Waals surface area contributed by atoms with Gasteiger partial charge in [0.1, 0.15) is 0 Å². The van der Waals surface area contributed by atoms with Gasteiger partial charge in [0.25, 0.3) is 0 Å². The number of thiophene rings is 3. The molecule has 0 aliphatic rings. The molecular weight excluding hydrogens is 691 g/mol. The maximum Gasteiger partial charge on any atom is 3.00 e. The van der Waals surface area contributed by atoms with Gasteiger partial charge >= 0.3 is 20.1 Å². The van der Waals surface area contributed by atoms with Crippen LogP contribution >= 0.6 is 34.0 Å². The quantitative estimate of drug-likeness (QED) is 0.172. The van der Waals surface area contributed by atoms with Crippen LogP contribution in [0.15, 0.2) is 91.4 Å². The fourth-order valence-corrected chi connectivity index (χ4v) is 5.38. The Balaban J connectivity index is 0.000000152. The average Bonchev–Trinajstić information content (AvgIpc) is 3.68. The molecule has 3 nitrogen and oxygen atoms in total. The van der Waals surface area contributed by atoms with Crippen molar-refractivity contribution in [2.45, 2.75) is 20.8 Å². The van der Waals surface area contributed by atoms with E-state index in [0.717, 1.165) is 31.7 Å². The monoisotopic (exact) mass is 715 g/mol. The van der Waals surface area contributed by atoms with E-state index < -0.39 is 0 Å². The molecule has 0 saturated carbocycles. The molecule has 0 aliphatic carbocycles. The Morgan fingerprint density at radius 3 is 0.973 bits per heavy atom. The standard InChI is InChI=1S/3C10H8NS.Ir/c3*1-8-5-6-10(12-8)9-4-2-3-7-11-9;/h3*2-5,7H,1H3;/q3*-1;+3. The summed E-state index contributed by atoms with van der Waals surface area (Å²) in [7, 11) is 0. The SMILES string of the molecule is Cc1c[c-]c(-c2ccccn2)s1.Cc1c[c-]c(-c2ccccn2)s1.Cc1c[c-]c(-c2ccccn2)s1.[Ir+3]. The van der Waals surface area contributed by atoms with Crippen LogP contribution in [-0.4, -0.2) is 15.0 Å². The van der Waals surface area contributed by atoms with Gasteiger partial charge in [-0.1, -0.05) is 86.4 Å². The first-order valence-electron chi connectivity index (χ1n) is 11.3. The Labute approximate surface area is 244 Å². The van der Waals surface area contributed by atoms with Crippen LogP contribution in [0.3, 0.4) is 0 Å². The summed E-state index contributed by atoms with van der Waals surface area (Å²) < 4.78 is 0. The normalized spacial score (nSPS) is 9.81. The van der Waals surface area contributed by atoms with E-state index in [-0.39, 0.29) is 20.1 Å². The zero-order chi connectivity index (χ0) is 25.2. The molecule has 6 aromatic rings. The van der Waals surface area contributed by atoms with Gasteiger partial charge in [-0.05, 0) is 35.3 Å². The fraction of sp³-hybridized carbons (Fsp3) is 0.100. The second-order valence-electron chi connectivity index (χ2n) is 7.64. The Morgan fingerprint density at radius 2 is 0.784 bits per heavy atom. The number of aromatic nitrogens is 3. The van der Waals surface area contributed by atoms with E-state index in [1.165, 1.54) is 14.6 Å². The van der Waals surface area contributed by atoms with Gasteiger partial charge in [-0.3, -0.25) is 0 Å². The molecule has 0 atom stereocenters. The third kappa shape index (κ3) is 8.92. The van der Waals surface area contributed by atoms with Crippen LogP contribution in [0.5, 0.6) is 0 Å². The van der Waals surface area contributed by atoms with Crippen molar-refractivity contribution >= 4 is 34.0 Å². The number of nitrogens with zero attached hydrogens (tertiary/aromatic N) is 3. The number of rotatable bonds is 3. The van der Waals surface area contributed by atoms with E-state index in [1.807, 2.05) is 72.8 Å². The summed E-state index contributed by atoms with van der Waals surface area (Å²) in [6, 6.07) is 33.3. The molecule has 0 spiro atoms. The Kier molecular flexibility index (Phi) is 11.5. The molecule has 0 N–H and O–H groups in total. The van der Waals surface area contributed by atoms with E-state index in [1.54, 1.807) is 52.6 Å². The number of hydrogen-bond acceptors (Lipinski definition) is 6.